The molecule has 3 nitrogen and oxygen atoms in total. The number of benzene rings is 5. The average Bonchev–Trinajstić information content (AvgIpc) is 3.67. The standard InChI is InChI=1S/C46H36N2O/c1-4-12-30(13-5-1)41-29-42(48-45(47-41)31-14-6-2-7-15-31)34-20-23-44-38(28-34)37-27-33(19-22-43(37)49-44)32-18-21-40-36(26-32)35-16-8-9-17-39(35)46(40)24-10-3-11-25-46/h1-2,4-9,12-23,26-29,37,43H,3,10-11,24-25H2. The van der Waals surface area contributed by atoms with Crippen LogP contribution < -0.4 is 4.74 Å². The van der Waals surface area contributed by atoms with E-state index in [1.807, 2.05) is 24.3 Å². The lowest BCUT2D eigenvalue weighted by Crippen LogP contribution is -2.27. The van der Waals surface area contributed by atoms with Crippen LogP contribution in [0.1, 0.15) is 60.3 Å². The van der Waals surface area contributed by atoms with Gasteiger partial charge in [0.2, 0.25) is 0 Å². The monoisotopic (exact) mass is 632 g/mol. The van der Waals surface area contributed by atoms with Crippen molar-refractivity contribution in [2.45, 2.75) is 49.5 Å². The molecule has 0 bridgehead atoms. The van der Waals surface area contributed by atoms with Crippen molar-refractivity contribution in [2.24, 2.45) is 0 Å². The third-order valence-corrected chi connectivity index (χ3v) is 11.2. The van der Waals surface area contributed by atoms with Gasteiger partial charge in [-0.1, -0.05) is 128 Å². The summed E-state index contributed by atoms with van der Waals surface area (Å²) in [7, 11) is 0. The van der Waals surface area contributed by atoms with Gasteiger partial charge in [-0.3, -0.25) is 0 Å². The maximum absolute atomic E-state index is 6.50. The third-order valence-electron chi connectivity index (χ3n) is 11.2. The Balaban J connectivity index is 1.03. The molecule has 1 saturated carbocycles. The fourth-order valence-electron chi connectivity index (χ4n) is 8.86. The second kappa shape index (κ2) is 11.3. The molecule has 236 valence electrons. The van der Waals surface area contributed by atoms with E-state index in [-0.39, 0.29) is 17.4 Å². The molecule has 0 radical (unpaired) electrons. The molecule has 3 heteroatoms. The Morgan fingerprint density at radius 1 is 0.571 bits per heavy atom. The molecule has 4 aliphatic rings. The lowest BCUT2D eigenvalue weighted by Gasteiger charge is -2.36. The first-order valence-electron chi connectivity index (χ1n) is 17.7. The fourth-order valence-corrected chi connectivity index (χ4v) is 8.86. The minimum atomic E-state index is -0.0141. The van der Waals surface area contributed by atoms with Gasteiger partial charge in [-0.15, -0.1) is 0 Å². The molecular formula is C46H36N2O. The quantitative estimate of drug-likeness (QED) is 0.194. The number of rotatable bonds is 4. The van der Waals surface area contributed by atoms with Crippen LogP contribution in [0.5, 0.6) is 5.75 Å². The zero-order valence-corrected chi connectivity index (χ0v) is 27.3. The van der Waals surface area contributed by atoms with Gasteiger partial charge in [-0.05, 0) is 82.6 Å². The van der Waals surface area contributed by atoms with Crippen LogP contribution in [-0.2, 0) is 5.41 Å². The van der Waals surface area contributed by atoms with E-state index in [1.54, 1.807) is 0 Å². The molecule has 10 rings (SSSR count). The summed E-state index contributed by atoms with van der Waals surface area (Å²) in [5.41, 5.74) is 14.8. The van der Waals surface area contributed by atoms with Crippen LogP contribution >= 0.6 is 0 Å². The Hall–Kier alpha value is -5.54. The van der Waals surface area contributed by atoms with Crippen molar-refractivity contribution in [3.8, 4) is 50.8 Å². The topological polar surface area (TPSA) is 35.0 Å². The largest absolute Gasteiger partial charge is 0.485 e. The Morgan fingerprint density at radius 2 is 1.27 bits per heavy atom. The molecule has 2 atom stereocenters. The van der Waals surface area contributed by atoms with Crippen LogP contribution in [0.3, 0.4) is 0 Å². The second-order valence-corrected chi connectivity index (χ2v) is 14.0. The summed E-state index contributed by atoms with van der Waals surface area (Å²) in [6, 6.07) is 45.7. The van der Waals surface area contributed by atoms with Crippen molar-refractivity contribution in [1.29, 1.82) is 0 Å². The van der Waals surface area contributed by atoms with Crippen LogP contribution in [0.15, 0.2) is 146 Å². The molecule has 0 saturated heterocycles. The third kappa shape index (κ3) is 4.63. The van der Waals surface area contributed by atoms with Crippen molar-refractivity contribution in [2.75, 3.05) is 0 Å². The van der Waals surface area contributed by atoms with Crippen molar-refractivity contribution in [3.05, 3.63) is 168 Å². The molecule has 1 aromatic heterocycles. The van der Waals surface area contributed by atoms with E-state index in [0.717, 1.165) is 39.7 Å². The van der Waals surface area contributed by atoms with Crippen molar-refractivity contribution < 1.29 is 4.74 Å². The van der Waals surface area contributed by atoms with E-state index in [2.05, 4.69) is 121 Å². The summed E-state index contributed by atoms with van der Waals surface area (Å²) >= 11 is 0. The first-order valence-corrected chi connectivity index (χ1v) is 17.7. The lowest BCUT2D eigenvalue weighted by molar-refractivity contribution is 0.269. The average molecular weight is 633 g/mol. The fraction of sp³-hybridized carbons (Fsp3) is 0.174. The Bertz CT molecular complexity index is 2240. The minimum Gasteiger partial charge on any atom is -0.485 e. The van der Waals surface area contributed by atoms with Gasteiger partial charge in [0.1, 0.15) is 11.9 Å². The molecule has 2 heterocycles. The molecule has 0 amide bonds. The molecular weight excluding hydrogens is 597 g/mol. The molecule has 1 fully saturated rings. The van der Waals surface area contributed by atoms with E-state index in [4.69, 9.17) is 14.7 Å². The number of hydrogen-bond acceptors (Lipinski definition) is 3. The van der Waals surface area contributed by atoms with E-state index in [1.165, 1.54) is 71.1 Å². The van der Waals surface area contributed by atoms with E-state index in [9.17, 15) is 0 Å². The number of hydrogen-bond donors (Lipinski definition) is 0. The van der Waals surface area contributed by atoms with Gasteiger partial charge in [-0.25, -0.2) is 9.97 Å². The van der Waals surface area contributed by atoms with Gasteiger partial charge < -0.3 is 4.74 Å². The number of ether oxygens (including phenoxy) is 1. The van der Waals surface area contributed by atoms with Crippen LogP contribution in [0.2, 0.25) is 0 Å². The van der Waals surface area contributed by atoms with Crippen LogP contribution in [0.25, 0.3) is 50.6 Å². The smallest absolute Gasteiger partial charge is 0.160 e. The molecule has 1 spiro atoms. The summed E-state index contributed by atoms with van der Waals surface area (Å²) < 4.78 is 6.50. The first kappa shape index (κ1) is 28.5. The molecule has 5 aromatic carbocycles. The Kier molecular flexibility index (Phi) is 6.55. The van der Waals surface area contributed by atoms with Crippen molar-refractivity contribution in [3.63, 3.8) is 0 Å². The van der Waals surface area contributed by atoms with Crippen LogP contribution in [0, 0.1) is 0 Å². The highest BCUT2D eigenvalue weighted by molar-refractivity contribution is 5.86. The predicted molar refractivity (Wildman–Crippen MR) is 198 cm³/mol. The molecule has 49 heavy (non-hydrogen) atoms. The maximum Gasteiger partial charge on any atom is 0.160 e. The molecule has 3 aliphatic carbocycles. The van der Waals surface area contributed by atoms with Gasteiger partial charge in [0.25, 0.3) is 0 Å². The van der Waals surface area contributed by atoms with Gasteiger partial charge in [0, 0.05) is 33.6 Å². The zero-order valence-electron chi connectivity index (χ0n) is 27.3. The van der Waals surface area contributed by atoms with E-state index >= 15 is 0 Å². The van der Waals surface area contributed by atoms with E-state index in [0.29, 0.717) is 0 Å². The van der Waals surface area contributed by atoms with Crippen LogP contribution in [-0.4, -0.2) is 16.1 Å². The summed E-state index contributed by atoms with van der Waals surface area (Å²) in [5, 5.41) is 0. The molecule has 2 unspecified atom stereocenters. The Morgan fingerprint density at radius 3 is 2.08 bits per heavy atom. The van der Waals surface area contributed by atoms with Crippen molar-refractivity contribution in [1.82, 2.24) is 9.97 Å². The molecule has 6 aromatic rings. The number of nitrogens with zero attached hydrogens (tertiary/aromatic N) is 2. The van der Waals surface area contributed by atoms with Crippen molar-refractivity contribution >= 4 is 5.57 Å². The number of fused-ring (bicyclic) bond motifs is 8. The van der Waals surface area contributed by atoms with Gasteiger partial charge in [-0.2, -0.15) is 0 Å². The first-order chi connectivity index (χ1) is 24.2. The highest BCUT2D eigenvalue weighted by Gasteiger charge is 2.43. The maximum atomic E-state index is 6.50. The van der Waals surface area contributed by atoms with Gasteiger partial charge in [0.05, 0.1) is 11.4 Å². The van der Waals surface area contributed by atoms with E-state index < -0.39 is 0 Å². The highest BCUT2D eigenvalue weighted by atomic mass is 16.5. The Labute approximate surface area is 287 Å². The number of aromatic nitrogens is 2. The molecule has 0 N–H and O–H groups in total. The second-order valence-electron chi connectivity index (χ2n) is 14.0. The minimum absolute atomic E-state index is 0.0141. The summed E-state index contributed by atoms with van der Waals surface area (Å²) in [4.78, 5) is 10.1. The summed E-state index contributed by atoms with van der Waals surface area (Å²) in [5.74, 6) is 1.80. The summed E-state index contributed by atoms with van der Waals surface area (Å²) in [6.07, 6.45) is 13.4. The number of allylic oxidation sites excluding steroid dienone is 2. The zero-order chi connectivity index (χ0) is 32.4. The van der Waals surface area contributed by atoms with Gasteiger partial charge >= 0.3 is 0 Å². The van der Waals surface area contributed by atoms with Crippen LogP contribution in [0.4, 0.5) is 0 Å². The highest BCUT2D eigenvalue weighted by Crippen LogP contribution is 2.56. The normalized spacial score (nSPS) is 19.4. The predicted octanol–water partition coefficient (Wildman–Crippen LogP) is 11.2. The lowest BCUT2D eigenvalue weighted by atomic mass is 9.68. The SMILES string of the molecule is C1=CC2Oc3ccc(-c4cc(-c5ccccc5)nc(-c5ccccc5)n4)cc3C2C=C1c1ccc2c(c1)-c1ccccc1C21CCCCC1. The molecule has 1 aliphatic heterocycles. The van der Waals surface area contributed by atoms with Gasteiger partial charge in [0.15, 0.2) is 5.82 Å². The summed E-state index contributed by atoms with van der Waals surface area (Å²) in [6.45, 7) is 0.